The van der Waals surface area contributed by atoms with Crippen molar-refractivity contribution in [3.8, 4) is 0 Å². The zero-order valence-corrected chi connectivity index (χ0v) is 11.5. The normalized spacial score (nSPS) is 28.7. The van der Waals surface area contributed by atoms with E-state index in [9.17, 15) is 13.2 Å². The van der Waals surface area contributed by atoms with E-state index in [1.165, 1.54) is 12.8 Å². The van der Waals surface area contributed by atoms with E-state index in [1.54, 1.807) is 4.90 Å². The molecule has 104 valence electrons. The molecule has 0 aliphatic carbocycles. The SMILES string of the molecule is O=C(CC1CCCCN1)N1CCCS(=O)(=O)CC1. The second-order valence-electron chi connectivity index (χ2n) is 5.24. The summed E-state index contributed by atoms with van der Waals surface area (Å²) in [6.45, 7) is 1.95. The maximum absolute atomic E-state index is 12.1. The van der Waals surface area contributed by atoms with Gasteiger partial charge in [0, 0.05) is 25.6 Å². The van der Waals surface area contributed by atoms with Gasteiger partial charge in [0.05, 0.1) is 11.5 Å². The Morgan fingerprint density at radius 1 is 1.17 bits per heavy atom. The van der Waals surface area contributed by atoms with Crippen molar-refractivity contribution in [2.75, 3.05) is 31.1 Å². The van der Waals surface area contributed by atoms with Gasteiger partial charge in [-0.2, -0.15) is 0 Å². The van der Waals surface area contributed by atoms with Crippen LogP contribution in [0.4, 0.5) is 0 Å². The van der Waals surface area contributed by atoms with Crippen LogP contribution >= 0.6 is 0 Å². The number of hydrogen-bond donors (Lipinski definition) is 1. The summed E-state index contributed by atoms with van der Waals surface area (Å²) in [5.74, 6) is 0.446. The number of nitrogens with zero attached hydrogens (tertiary/aromatic N) is 1. The number of carbonyl (C=O) groups excluding carboxylic acids is 1. The second kappa shape index (κ2) is 6.02. The molecule has 1 N–H and O–H groups in total. The van der Waals surface area contributed by atoms with E-state index in [0.717, 1.165) is 13.0 Å². The molecule has 1 amide bonds. The topological polar surface area (TPSA) is 66.5 Å². The van der Waals surface area contributed by atoms with Gasteiger partial charge in [-0.1, -0.05) is 6.42 Å². The fourth-order valence-electron chi connectivity index (χ4n) is 2.63. The number of carbonyl (C=O) groups is 1. The number of rotatable bonds is 2. The zero-order valence-electron chi connectivity index (χ0n) is 10.7. The predicted molar refractivity (Wildman–Crippen MR) is 70.1 cm³/mol. The summed E-state index contributed by atoms with van der Waals surface area (Å²) in [4.78, 5) is 13.8. The predicted octanol–water partition coefficient (Wildman–Crippen LogP) is 0.166. The standard InChI is InChI=1S/C12H22N2O3S/c15-12(10-11-4-1-2-5-13-11)14-6-3-8-18(16,17)9-7-14/h11,13H,1-10H2. The molecule has 2 saturated heterocycles. The summed E-state index contributed by atoms with van der Waals surface area (Å²) >= 11 is 0. The molecule has 0 bridgehead atoms. The number of hydrogen-bond acceptors (Lipinski definition) is 4. The molecule has 2 aliphatic rings. The lowest BCUT2D eigenvalue weighted by molar-refractivity contribution is -0.131. The first-order chi connectivity index (χ1) is 8.57. The van der Waals surface area contributed by atoms with Gasteiger partial charge in [-0.05, 0) is 25.8 Å². The molecule has 2 heterocycles. The van der Waals surface area contributed by atoms with E-state index in [2.05, 4.69) is 5.32 Å². The van der Waals surface area contributed by atoms with Crippen LogP contribution < -0.4 is 5.32 Å². The summed E-state index contributed by atoms with van der Waals surface area (Å²) in [6, 6.07) is 0.283. The molecule has 6 heteroatoms. The molecular weight excluding hydrogens is 252 g/mol. The van der Waals surface area contributed by atoms with Gasteiger partial charge in [0.2, 0.25) is 5.91 Å². The summed E-state index contributed by atoms with van der Waals surface area (Å²) in [7, 11) is -2.93. The van der Waals surface area contributed by atoms with E-state index < -0.39 is 9.84 Å². The third kappa shape index (κ3) is 3.95. The van der Waals surface area contributed by atoms with Gasteiger partial charge in [-0.15, -0.1) is 0 Å². The van der Waals surface area contributed by atoms with Crippen molar-refractivity contribution < 1.29 is 13.2 Å². The van der Waals surface area contributed by atoms with Crippen LogP contribution in [0.2, 0.25) is 0 Å². The minimum atomic E-state index is -2.93. The zero-order chi connectivity index (χ0) is 13.0. The van der Waals surface area contributed by atoms with Crippen LogP contribution in [0.1, 0.15) is 32.1 Å². The smallest absolute Gasteiger partial charge is 0.224 e. The monoisotopic (exact) mass is 274 g/mol. The molecule has 2 aliphatic heterocycles. The summed E-state index contributed by atoms with van der Waals surface area (Å²) in [6.07, 6.45) is 4.51. The highest BCUT2D eigenvalue weighted by Gasteiger charge is 2.24. The Hall–Kier alpha value is -0.620. The molecule has 5 nitrogen and oxygen atoms in total. The Bertz CT molecular complexity index is 388. The van der Waals surface area contributed by atoms with Gasteiger partial charge in [-0.3, -0.25) is 4.79 Å². The third-order valence-corrected chi connectivity index (χ3v) is 5.46. The van der Waals surface area contributed by atoms with Gasteiger partial charge in [-0.25, -0.2) is 8.42 Å². The Morgan fingerprint density at radius 2 is 2.00 bits per heavy atom. The fraction of sp³-hybridized carbons (Fsp3) is 0.917. The van der Waals surface area contributed by atoms with Crippen molar-refractivity contribution in [2.45, 2.75) is 38.1 Å². The van der Waals surface area contributed by atoms with Crippen molar-refractivity contribution in [3.05, 3.63) is 0 Å². The van der Waals surface area contributed by atoms with Gasteiger partial charge in [0.25, 0.3) is 0 Å². The molecule has 0 spiro atoms. The molecule has 1 atom stereocenters. The van der Waals surface area contributed by atoms with Crippen molar-refractivity contribution >= 4 is 15.7 Å². The molecule has 2 fully saturated rings. The molecule has 0 aromatic heterocycles. The van der Waals surface area contributed by atoms with Crippen LogP contribution in [0.25, 0.3) is 0 Å². The van der Waals surface area contributed by atoms with Crippen LogP contribution in [-0.4, -0.2) is 56.4 Å². The van der Waals surface area contributed by atoms with Crippen LogP contribution in [0, 0.1) is 0 Å². The van der Waals surface area contributed by atoms with E-state index in [1.807, 2.05) is 0 Å². The number of amides is 1. The minimum Gasteiger partial charge on any atom is -0.342 e. The van der Waals surface area contributed by atoms with E-state index >= 15 is 0 Å². The average Bonchev–Trinajstić information content (AvgIpc) is 2.51. The molecule has 2 rings (SSSR count). The van der Waals surface area contributed by atoms with Gasteiger partial charge >= 0.3 is 0 Å². The number of piperidine rings is 1. The molecule has 0 aromatic carbocycles. The molecular formula is C12H22N2O3S. The highest BCUT2D eigenvalue weighted by molar-refractivity contribution is 7.91. The molecule has 0 radical (unpaired) electrons. The van der Waals surface area contributed by atoms with Gasteiger partial charge < -0.3 is 10.2 Å². The van der Waals surface area contributed by atoms with Gasteiger partial charge in [0.1, 0.15) is 0 Å². The van der Waals surface area contributed by atoms with Crippen LogP contribution in [0.15, 0.2) is 0 Å². The van der Waals surface area contributed by atoms with Crippen molar-refractivity contribution in [2.24, 2.45) is 0 Å². The largest absolute Gasteiger partial charge is 0.342 e. The number of nitrogens with one attached hydrogen (secondary N) is 1. The first-order valence-electron chi connectivity index (χ1n) is 6.78. The van der Waals surface area contributed by atoms with E-state index in [4.69, 9.17) is 0 Å². The third-order valence-electron chi connectivity index (χ3n) is 3.74. The first-order valence-corrected chi connectivity index (χ1v) is 8.60. The molecule has 0 saturated carbocycles. The Balaban J connectivity index is 1.84. The lowest BCUT2D eigenvalue weighted by Crippen LogP contribution is -2.41. The highest BCUT2D eigenvalue weighted by atomic mass is 32.2. The lowest BCUT2D eigenvalue weighted by Gasteiger charge is -2.26. The first kappa shape index (κ1) is 13.8. The molecule has 1 unspecified atom stereocenters. The van der Waals surface area contributed by atoms with Crippen LogP contribution in [-0.2, 0) is 14.6 Å². The Labute approximate surface area is 109 Å². The summed E-state index contributed by atoms with van der Waals surface area (Å²) in [5, 5.41) is 3.36. The van der Waals surface area contributed by atoms with Crippen LogP contribution in [0.3, 0.4) is 0 Å². The van der Waals surface area contributed by atoms with Gasteiger partial charge in [0.15, 0.2) is 9.84 Å². The molecule has 18 heavy (non-hydrogen) atoms. The quantitative estimate of drug-likeness (QED) is 0.779. The highest BCUT2D eigenvalue weighted by Crippen LogP contribution is 2.13. The van der Waals surface area contributed by atoms with Crippen molar-refractivity contribution in [3.63, 3.8) is 0 Å². The van der Waals surface area contributed by atoms with Crippen LogP contribution in [0.5, 0.6) is 0 Å². The second-order valence-corrected chi connectivity index (χ2v) is 7.54. The Kier molecular flexibility index (Phi) is 4.61. The summed E-state index contributed by atoms with van der Waals surface area (Å²) in [5.41, 5.74) is 0. The maximum atomic E-state index is 12.1. The lowest BCUT2D eigenvalue weighted by atomic mass is 10.0. The van der Waals surface area contributed by atoms with E-state index in [-0.39, 0.29) is 23.5 Å². The Morgan fingerprint density at radius 3 is 2.72 bits per heavy atom. The van der Waals surface area contributed by atoms with Crippen molar-refractivity contribution in [1.82, 2.24) is 10.2 Å². The maximum Gasteiger partial charge on any atom is 0.224 e. The fourth-order valence-corrected chi connectivity index (χ4v) is 3.90. The average molecular weight is 274 g/mol. The summed E-state index contributed by atoms with van der Waals surface area (Å²) < 4.78 is 23.0. The number of sulfone groups is 1. The van der Waals surface area contributed by atoms with Crippen molar-refractivity contribution in [1.29, 1.82) is 0 Å². The molecule has 0 aromatic rings. The minimum absolute atomic E-state index is 0.103. The van der Waals surface area contributed by atoms with E-state index in [0.29, 0.717) is 25.9 Å².